The lowest BCUT2D eigenvalue weighted by Crippen LogP contribution is -1.41. The molecule has 1 aliphatic heterocycles. The fraction of sp³-hybridized carbons (Fsp3) is 1.00. The smallest absolute Gasteiger partial charge is 0.0407 e. The van der Waals surface area contributed by atoms with Crippen LogP contribution in [0.4, 0.5) is 0 Å². The van der Waals surface area contributed by atoms with Gasteiger partial charge in [-0.05, 0) is 0 Å². The van der Waals surface area contributed by atoms with Gasteiger partial charge >= 0.3 is 0 Å². The van der Waals surface area contributed by atoms with Crippen molar-refractivity contribution in [2.24, 2.45) is 0 Å². The maximum absolute atomic E-state index is 2.29. The van der Waals surface area contributed by atoms with Crippen molar-refractivity contribution in [3.63, 3.8) is 0 Å². The molecular formula is C3H6Si. The van der Waals surface area contributed by atoms with E-state index < -0.39 is 0 Å². The van der Waals surface area contributed by atoms with Crippen LogP contribution in [0.15, 0.2) is 0 Å². The summed E-state index contributed by atoms with van der Waals surface area (Å²) in [5.74, 6) is 0. The van der Waals surface area contributed by atoms with Crippen molar-refractivity contribution in [1.82, 2.24) is 0 Å². The Hall–Kier alpha value is 0.217. The largest absolute Gasteiger partial charge is 0.0656 e. The van der Waals surface area contributed by atoms with Crippen molar-refractivity contribution in [3.8, 4) is 0 Å². The molecule has 2 radical (unpaired) electrons. The van der Waals surface area contributed by atoms with Gasteiger partial charge in [0.25, 0.3) is 0 Å². The Morgan fingerprint density at radius 3 is 2.25 bits per heavy atom. The Kier molecular flexibility index (Phi) is 0.356. The molecule has 0 amide bonds. The molecule has 22 valence electrons. The predicted molar refractivity (Wildman–Crippen MR) is 20.0 cm³/mol. The Bertz CT molecular complexity index is 22.5. The fourth-order valence-corrected chi connectivity index (χ4v) is 0.354. The zero-order valence-electron chi connectivity index (χ0n) is 2.78. The lowest BCUT2D eigenvalue weighted by molar-refractivity contribution is 1.21. The molecule has 0 aromatic rings. The molecule has 0 saturated carbocycles. The second-order valence-corrected chi connectivity index (χ2v) is 3.11. The first-order chi connectivity index (χ1) is 1.89. The molecule has 0 N–H and O–H groups in total. The molecule has 1 fully saturated rings. The molecule has 1 heteroatoms. The van der Waals surface area contributed by atoms with Crippen LogP contribution in [0.1, 0.15) is 6.92 Å². The molecule has 0 bridgehead atoms. The van der Waals surface area contributed by atoms with Gasteiger partial charge in [0, 0.05) is 9.52 Å². The van der Waals surface area contributed by atoms with Crippen molar-refractivity contribution in [2.45, 2.75) is 18.5 Å². The summed E-state index contributed by atoms with van der Waals surface area (Å²) in [5, 5.41) is 0. The lowest BCUT2D eigenvalue weighted by Gasteiger charge is -1.53. The summed E-state index contributed by atoms with van der Waals surface area (Å²) in [4.78, 5) is 0. The summed E-state index contributed by atoms with van der Waals surface area (Å²) < 4.78 is 0. The van der Waals surface area contributed by atoms with Crippen LogP contribution >= 0.6 is 0 Å². The minimum absolute atomic E-state index is 1.11. The first-order valence-corrected chi connectivity index (χ1v) is 2.91. The highest BCUT2D eigenvalue weighted by atomic mass is 28.2. The van der Waals surface area contributed by atoms with E-state index >= 15 is 0 Å². The summed E-state index contributed by atoms with van der Waals surface area (Å²) in [6.07, 6.45) is 0. The van der Waals surface area contributed by atoms with E-state index in [1.54, 1.807) is 0 Å². The van der Waals surface area contributed by atoms with Crippen LogP contribution in [0, 0.1) is 0 Å². The van der Waals surface area contributed by atoms with Crippen molar-refractivity contribution in [3.05, 3.63) is 0 Å². The van der Waals surface area contributed by atoms with Crippen molar-refractivity contribution in [1.29, 1.82) is 0 Å². The van der Waals surface area contributed by atoms with Crippen molar-refractivity contribution in [2.75, 3.05) is 0 Å². The molecule has 0 spiro atoms. The van der Waals surface area contributed by atoms with Crippen LogP contribution in [0.5, 0.6) is 0 Å². The molecule has 0 aromatic carbocycles. The van der Waals surface area contributed by atoms with Crippen LogP contribution < -0.4 is 0 Å². The topological polar surface area (TPSA) is 0 Å². The third-order valence-electron chi connectivity index (χ3n) is 0.612. The molecule has 1 unspecified atom stereocenters. The molecule has 0 aromatic heterocycles. The lowest BCUT2D eigenvalue weighted by atomic mass is 10.6. The van der Waals surface area contributed by atoms with E-state index in [1.807, 2.05) is 0 Å². The molecule has 0 aliphatic carbocycles. The third-order valence-corrected chi connectivity index (χ3v) is 1.84. The van der Waals surface area contributed by atoms with Gasteiger partial charge in [-0.2, -0.15) is 0 Å². The highest BCUT2D eigenvalue weighted by molar-refractivity contribution is 6.50. The summed E-state index contributed by atoms with van der Waals surface area (Å²) in [6, 6.07) is 1.51. The van der Waals surface area contributed by atoms with Gasteiger partial charge in [0.05, 0.1) is 0 Å². The minimum atomic E-state index is 1.11. The molecular weight excluding hydrogens is 64.1 g/mol. The van der Waals surface area contributed by atoms with Crippen molar-refractivity contribution < 1.29 is 0 Å². The van der Waals surface area contributed by atoms with E-state index in [0.717, 1.165) is 5.54 Å². The second kappa shape index (κ2) is 0.581. The van der Waals surface area contributed by atoms with E-state index in [-0.39, 0.29) is 0 Å². The van der Waals surface area contributed by atoms with Gasteiger partial charge in [-0.25, -0.2) is 0 Å². The average Bonchev–Trinajstić information content (AvgIpc) is 1.75. The van der Waals surface area contributed by atoms with E-state index in [4.69, 9.17) is 0 Å². The maximum atomic E-state index is 2.29. The summed E-state index contributed by atoms with van der Waals surface area (Å²) in [6.45, 7) is 2.29. The van der Waals surface area contributed by atoms with Gasteiger partial charge in [0.2, 0.25) is 0 Å². The van der Waals surface area contributed by atoms with Gasteiger partial charge in [0.15, 0.2) is 0 Å². The van der Waals surface area contributed by atoms with Gasteiger partial charge in [-0.1, -0.05) is 18.5 Å². The molecule has 1 atom stereocenters. The SMILES string of the molecule is CC1C[Si]1. The van der Waals surface area contributed by atoms with Crippen LogP contribution in [-0.2, 0) is 0 Å². The normalized spacial score (nSPS) is 39.8. The van der Waals surface area contributed by atoms with Gasteiger partial charge < -0.3 is 0 Å². The monoisotopic (exact) mass is 70.0 g/mol. The van der Waals surface area contributed by atoms with Crippen LogP contribution in [0.3, 0.4) is 0 Å². The number of rotatable bonds is 0. The minimum Gasteiger partial charge on any atom is -0.0656 e. The maximum Gasteiger partial charge on any atom is 0.0407 e. The van der Waals surface area contributed by atoms with Gasteiger partial charge in [-0.3, -0.25) is 0 Å². The molecule has 1 saturated heterocycles. The summed E-state index contributed by atoms with van der Waals surface area (Å²) in [5.41, 5.74) is 1.11. The molecule has 1 rings (SSSR count). The van der Waals surface area contributed by atoms with Crippen LogP contribution in [0.2, 0.25) is 11.6 Å². The standard InChI is InChI=1S/C3H6Si/c1-3-2-4-3/h3H,2H2,1H3. The van der Waals surface area contributed by atoms with E-state index in [1.165, 1.54) is 15.6 Å². The van der Waals surface area contributed by atoms with E-state index in [2.05, 4.69) is 6.92 Å². The third kappa shape index (κ3) is 0.317. The average molecular weight is 70.2 g/mol. The molecule has 1 aliphatic rings. The van der Waals surface area contributed by atoms with E-state index in [9.17, 15) is 0 Å². The fourth-order valence-electron chi connectivity index (χ4n) is 0.118. The zero-order valence-corrected chi connectivity index (χ0v) is 3.78. The second-order valence-electron chi connectivity index (χ2n) is 1.31. The van der Waals surface area contributed by atoms with Gasteiger partial charge in [0.1, 0.15) is 0 Å². The number of hydrogen-bond acceptors (Lipinski definition) is 0. The first-order valence-electron chi connectivity index (χ1n) is 1.63. The predicted octanol–water partition coefficient (Wildman–Crippen LogP) is 0.931. The Morgan fingerprint density at radius 1 is 2.00 bits per heavy atom. The quantitative estimate of drug-likeness (QED) is 0.372. The highest BCUT2D eigenvalue weighted by Gasteiger charge is 2.14. The Labute approximate surface area is 29.0 Å². The molecule has 1 heterocycles. The zero-order chi connectivity index (χ0) is 2.99. The Balaban J connectivity index is 2.17. The van der Waals surface area contributed by atoms with E-state index in [0.29, 0.717) is 0 Å². The summed E-state index contributed by atoms with van der Waals surface area (Å²) >= 11 is 0. The van der Waals surface area contributed by atoms with Crippen molar-refractivity contribution >= 4 is 9.52 Å². The molecule has 4 heavy (non-hydrogen) atoms. The number of hydrogen-bond donors (Lipinski definition) is 0. The summed E-state index contributed by atoms with van der Waals surface area (Å²) in [7, 11) is 1.31. The Morgan fingerprint density at radius 2 is 2.25 bits per heavy atom. The highest BCUT2D eigenvalue weighted by Crippen LogP contribution is 2.24. The van der Waals surface area contributed by atoms with Gasteiger partial charge in [-0.15, -0.1) is 0 Å². The van der Waals surface area contributed by atoms with Crippen LogP contribution in [-0.4, -0.2) is 9.52 Å². The molecule has 0 nitrogen and oxygen atoms in total. The van der Waals surface area contributed by atoms with Crippen LogP contribution in [0.25, 0.3) is 0 Å². The first kappa shape index (κ1) is 2.45.